The van der Waals surface area contributed by atoms with Gasteiger partial charge in [0.05, 0.1) is 11.7 Å². The second-order valence-electron chi connectivity index (χ2n) is 9.09. The van der Waals surface area contributed by atoms with Gasteiger partial charge in [0.25, 0.3) is 0 Å². The summed E-state index contributed by atoms with van der Waals surface area (Å²) >= 11 is 0. The van der Waals surface area contributed by atoms with E-state index in [1.165, 1.54) is 5.56 Å². The summed E-state index contributed by atoms with van der Waals surface area (Å²) in [6, 6.07) is 4.65. The molecule has 3 aliphatic rings. The van der Waals surface area contributed by atoms with Crippen LogP contribution in [-0.4, -0.2) is 61.2 Å². The van der Waals surface area contributed by atoms with Crippen molar-refractivity contribution in [3.05, 3.63) is 28.8 Å². The van der Waals surface area contributed by atoms with Crippen LogP contribution >= 0.6 is 0 Å². The van der Waals surface area contributed by atoms with Crippen molar-refractivity contribution in [1.82, 2.24) is 10.2 Å². The van der Waals surface area contributed by atoms with Crippen LogP contribution in [0.3, 0.4) is 0 Å². The van der Waals surface area contributed by atoms with Crippen molar-refractivity contribution >= 4 is 5.78 Å². The van der Waals surface area contributed by atoms with E-state index in [2.05, 4.69) is 30.3 Å². The van der Waals surface area contributed by atoms with E-state index >= 15 is 0 Å². The molecule has 2 N–H and O–H groups in total. The van der Waals surface area contributed by atoms with Crippen LogP contribution in [0.1, 0.15) is 61.0 Å². The molecule has 0 amide bonds. The highest BCUT2D eigenvalue weighted by Crippen LogP contribution is 2.58. The topological polar surface area (TPSA) is 61.8 Å². The molecule has 1 aromatic carbocycles. The Kier molecular flexibility index (Phi) is 5.27. The smallest absolute Gasteiger partial charge is 0.163 e. The molecule has 1 saturated carbocycles. The lowest BCUT2D eigenvalue weighted by molar-refractivity contribution is -0.0695. The number of likely N-dealkylation sites (N-methyl/N-ethyl adjacent to an activating group) is 1. The second-order valence-corrected chi connectivity index (χ2v) is 9.09. The average molecular weight is 387 g/mol. The van der Waals surface area contributed by atoms with Crippen molar-refractivity contribution < 1.29 is 14.6 Å². The number of Topliss-reactive ketones (excluding diaryl/α,β-unsaturated/α-hetero) is 1. The Morgan fingerprint density at radius 3 is 2.89 bits per heavy atom. The number of methoxy groups -OCH3 is 1. The van der Waals surface area contributed by atoms with Gasteiger partial charge in [-0.3, -0.25) is 4.79 Å². The van der Waals surface area contributed by atoms with E-state index in [-0.39, 0.29) is 29.1 Å². The molecule has 0 radical (unpaired) electrons. The summed E-state index contributed by atoms with van der Waals surface area (Å²) in [4.78, 5) is 14.6. The third-order valence-corrected chi connectivity index (χ3v) is 7.70. The number of ketones is 1. The number of likely N-dealkylation sites (tertiary alicyclic amines) is 1. The number of rotatable bonds is 5. The first kappa shape index (κ1) is 19.9. The van der Waals surface area contributed by atoms with Crippen molar-refractivity contribution in [2.75, 3.05) is 27.2 Å². The van der Waals surface area contributed by atoms with Crippen molar-refractivity contribution in [1.29, 1.82) is 0 Å². The van der Waals surface area contributed by atoms with Gasteiger partial charge in [0.2, 0.25) is 0 Å². The number of nitrogens with zero attached hydrogens (tertiary/aromatic N) is 1. The molecule has 5 atom stereocenters. The molecule has 2 bridgehead atoms. The number of nitrogens with one attached hydrogen (secondary N) is 1. The standard InChI is InChI=1S/C23H34N2O3/c1-5-9-24-18-13-23-8-10-25(3)19(17(23)12-20(18)28-4)11-15-6-7-16(14(2)26)22(27)21(15)23/h6-7,17-20,24,27H,5,8-13H2,1-4H3/t17-,18-,19+,20?,23-/m0/s1. The highest BCUT2D eigenvalue weighted by atomic mass is 16.5. The van der Waals surface area contributed by atoms with Crippen LogP contribution in [0.15, 0.2) is 12.1 Å². The summed E-state index contributed by atoms with van der Waals surface area (Å²) in [5.74, 6) is 0.620. The van der Waals surface area contributed by atoms with Crippen molar-refractivity contribution in [2.45, 2.75) is 69.6 Å². The molecule has 1 aromatic rings. The predicted octanol–water partition coefficient (Wildman–Crippen LogP) is 2.89. The molecule has 1 heterocycles. The van der Waals surface area contributed by atoms with Crippen LogP contribution in [-0.2, 0) is 16.6 Å². The quantitative estimate of drug-likeness (QED) is 0.762. The number of piperidine rings is 1. The van der Waals surface area contributed by atoms with Crippen LogP contribution in [0.25, 0.3) is 0 Å². The summed E-state index contributed by atoms with van der Waals surface area (Å²) < 4.78 is 5.93. The minimum Gasteiger partial charge on any atom is -0.507 e. The number of hydrogen-bond acceptors (Lipinski definition) is 5. The fraction of sp³-hybridized carbons (Fsp3) is 0.696. The Hall–Kier alpha value is -1.43. The zero-order valence-corrected chi connectivity index (χ0v) is 17.6. The highest BCUT2D eigenvalue weighted by Gasteiger charge is 2.58. The summed E-state index contributed by atoms with van der Waals surface area (Å²) in [5.41, 5.74) is 2.67. The maximum absolute atomic E-state index is 12.1. The molecule has 2 aliphatic carbocycles. The monoisotopic (exact) mass is 386 g/mol. The predicted molar refractivity (Wildman–Crippen MR) is 110 cm³/mol. The summed E-state index contributed by atoms with van der Waals surface area (Å²) in [6.45, 7) is 5.74. The molecule has 1 aliphatic heterocycles. The number of ether oxygens (including phenoxy) is 1. The molecule has 28 heavy (non-hydrogen) atoms. The summed E-state index contributed by atoms with van der Waals surface area (Å²) in [6.07, 6.45) is 5.20. The molecule has 154 valence electrons. The van der Waals surface area contributed by atoms with E-state index in [4.69, 9.17) is 4.74 Å². The SMILES string of the molecule is CCCN[C@H]1C[C@]23CCN(C)[C@H](Cc4ccc(C(C)=O)c(O)c42)[C@@H]3CC1OC. The van der Waals surface area contributed by atoms with Gasteiger partial charge < -0.3 is 20.1 Å². The lowest BCUT2D eigenvalue weighted by Gasteiger charge is -2.61. The van der Waals surface area contributed by atoms with Gasteiger partial charge in [0.1, 0.15) is 5.75 Å². The van der Waals surface area contributed by atoms with Crippen LogP contribution in [0.2, 0.25) is 0 Å². The second kappa shape index (κ2) is 7.43. The molecular formula is C23H34N2O3. The number of phenols is 1. The van der Waals surface area contributed by atoms with Crippen LogP contribution < -0.4 is 5.32 Å². The number of benzene rings is 1. The van der Waals surface area contributed by atoms with Gasteiger partial charge in [-0.2, -0.15) is 0 Å². The van der Waals surface area contributed by atoms with E-state index in [1.807, 2.05) is 13.2 Å². The van der Waals surface area contributed by atoms with Gasteiger partial charge >= 0.3 is 0 Å². The molecular weight excluding hydrogens is 352 g/mol. The zero-order valence-electron chi connectivity index (χ0n) is 17.6. The number of aromatic hydroxyl groups is 1. The van der Waals surface area contributed by atoms with Gasteiger partial charge in [0, 0.05) is 30.2 Å². The Bertz CT molecular complexity index is 764. The van der Waals surface area contributed by atoms with E-state index in [1.54, 1.807) is 6.92 Å². The number of carbonyl (C=O) groups is 1. The van der Waals surface area contributed by atoms with Crippen molar-refractivity contribution in [3.8, 4) is 5.75 Å². The Labute approximate surface area is 168 Å². The fourth-order valence-corrected chi connectivity index (χ4v) is 6.35. The molecule has 2 fully saturated rings. The average Bonchev–Trinajstić information content (AvgIpc) is 2.67. The third kappa shape index (κ3) is 2.90. The van der Waals surface area contributed by atoms with Gasteiger partial charge in [-0.15, -0.1) is 0 Å². The first-order valence-electron chi connectivity index (χ1n) is 10.8. The lowest BCUT2D eigenvalue weighted by Crippen LogP contribution is -2.65. The van der Waals surface area contributed by atoms with Crippen LogP contribution in [0, 0.1) is 5.92 Å². The number of phenolic OH excluding ortho intramolecular Hbond substituents is 1. The normalized spacial score (nSPS) is 34.6. The number of fused-ring (bicyclic) bond motifs is 1. The number of carbonyl (C=O) groups excluding carboxylic acids is 1. The Morgan fingerprint density at radius 2 is 2.21 bits per heavy atom. The Morgan fingerprint density at radius 1 is 1.43 bits per heavy atom. The molecule has 0 aromatic heterocycles. The summed E-state index contributed by atoms with van der Waals surface area (Å²) in [7, 11) is 4.05. The zero-order chi connectivity index (χ0) is 20.1. The molecule has 0 spiro atoms. The minimum atomic E-state index is -0.0826. The number of hydrogen-bond donors (Lipinski definition) is 2. The van der Waals surface area contributed by atoms with Gasteiger partial charge in [-0.05, 0) is 76.7 Å². The van der Waals surface area contributed by atoms with Crippen molar-refractivity contribution in [3.63, 3.8) is 0 Å². The molecule has 5 nitrogen and oxygen atoms in total. The third-order valence-electron chi connectivity index (χ3n) is 7.70. The van der Waals surface area contributed by atoms with Crippen LogP contribution in [0.4, 0.5) is 0 Å². The Balaban J connectivity index is 1.85. The van der Waals surface area contributed by atoms with Crippen molar-refractivity contribution in [2.24, 2.45) is 5.92 Å². The summed E-state index contributed by atoms with van der Waals surface area (Å²) in [5, 5.41) is 14.9. The van der Waals surface area contributed by atoms with E-state index < -0.39 is 0 Å². The van der Waals surface area contributed by atoms with E-state index in [9.17, 15) is 9.90 Å². The molecule has 4 rings (SSSR count). The maximum Gasteiger partial charge on any atom is 0.163 e. The lowest BCUT2D eigenvalue weighted by atomic mass is 9.50. The maximum atomic E-state index is 12.1. The van der Waals surface area contributed by atoms with E-state index in [0.29, 0.717) is 17.5 Å². The molecule has 5 heteroatoms. The van der Waals surface area contributed by atoms with Gasteiger partial charge in [0.15, 0.2) is 5.78 Å². The highest BCUT2D eigenvalue weighted by molar-refractivity contribution is 5.97. The molecule has 1 unspecified atom stereocenters. The first-order chi connectivity index (χ1) is 13.4. The van der Waals surface area contributed by atoms with Gasteiger partial charge in [-0.25, -0.2) is 0 Å². The van der Waals surface area contributed by atoms with Gasteiger partial charge in [-0.1, -0.05) is 13.0 Å². The van der Waals surface area contributed by atoms with Crippen LogP contribution in [0.5, 0.6) is 5.75 Å². The van der Waals surface area contributed by atoms with E-state index in [0.717, 1.165) is 50.8 Å². The largest absolute Gasteiger partial charge is 0.507 e. The molecule has 1 saturated heterocycles. The first-order valence-corrected chi connectivity index (χ1v) is 10.8. The minimum absolute atomic E-state index is 0.0606. The fourth-order valence-electron chi connectivity index (χ4n) is 6.35.